The van der Waals surface area contributed by atoms with Crippen molar-refractivity contribution in [3.8, 4) is 5.69 Å². The summed E-state index contributed by atoms with van der Waals surface area (Å²) in [5.74, 6) is -1.35. The number of benzene rings is 2. The third-order valence-corrected chi connectivity index (χ3v) is 4.95. The van der Waals surface area contributed by atoms with Gasteiger partial charge in [0.1, 0.15) is 0 Å². The molecular weight excluding hydrogens is 453 g/mol. The lowest BCUT2D eigenvalue weighted by Crippen LogP contribution is -2.42. The van der Waals surface area contributed by atoms with Crippen LogP contribution in [0.2, 0.25) is 10.0 Å². The molecule has 0 radical (unpaired) electrons. The van der Waals surface area contributed by atoms with E-state index in [1.165, 1.54) is 18.2 Å². The Labute approximate surface area is 194 Å². The Kier molecular flexibility index (Phi) is 8.24. The Hall–Kier alpha value is -3.36. The second kappa shape index (κ2) is 11.3. The molecule has 166 valence electrons. The lowest BCUT2D eigenvalue weighted by atomic mass is 10.2. The first-order valence-corrected chi connectivity index (χ1v) is 10.5. The molecule has 3 N–H and O–H groups in total. The highest BCUT2D eigenvalue weighted by atomic mass is 35.5. The number of carbonyl (C=O) groups is 3. The van der Waals surface area contributed by atoms with Gasteiger partial charge in [-0.05, 0) is 36.4 Å². The summed E-state index contributed by atoms with van der Waals surface area (Å²) < 4.78 is 1.77. The first-order valence-electron chi connectivity index (χ1n) is 9.79. The highest BCUT2D eigenvalue weighted by molar-refractivity contribution is 6.36. The van der Waals surface area contributed by atoms with E-state index in [1.54, 1.807) is 4.68 Å². The van der Waals surface area contributed by atoms with Crippen LogP contribution in [0.3, 0.4) is 0 Å². The van der Waals surface area contributed by atoms with Crippen LogP contribution in [0, 0.1) is 0 Å². The molecule has 0 spiro atoms. The van der Waals surface area contributed by atoms with Crippen molar-refractivity contribution in [3.05, 3.63) is 82.1 Å². The van der Waals surface area contributed by atoms with Gasteiger partial charge in [-0.3, -0.25) is 14.4 Å². The molecule has 8 nitrogen and oxygen atoms in total. The topological polar surface area (TPSA) is 105 Å². The SMILES string of the molecule is O=C(CNC(=O)CNC(=O)c1ccc(Cl)cc1Cl)NCCc1ccn(-c2ccccc2)n1. The fraction of sp³-hybridized carbons (Fsp3) is 0.182. The summed E-state index contributed by atoms with van der Waals surface area (Å²) in [4.78, 5) is 35.9. The van der Waals surface area contributed by atoms with Crippen molar-refractivity contribution < 1.29 is 14.4 Å². The lowest BCUT2D eigenvalue weighted by Gasteiger charge is -2.08. The fourth-order valence-corrected chi connectivity index (χ4v) is 3.28. The van der Waals surface area contributed by atoms with E-state index in [9.17, 15) is 14.4 Å². The minimum absolute atomic E-state index is 0.184. The van der Waals surface area contributed by atoms with Crippen molar-refractivity contribution in [2.24, 2.45) is 0 Å². The predicted molar refractivity (Wildman–Crippen MR) is 122 cm³/mol. The second-order valence-electron chi connectivity index (χ2n) is 6.77. The van der Waals surface area contributed by atoms with Gasteiger partial charge in [-0.2, -0.15) is 5.10 Å². The first-order chi connectivity index (χ1) is 15.4. The monoisotopic (exact) mass is 473 g/mol. The summed E-state index contributed by atoms with van der Waals surface area (Å²) in [6, 6.07) is 16.0. The number of carbonyl (C=O) groups excluding carboxylic acids is 3. The minimum Gasteiger partial charge on any atom is -0.354 e. The molecule has 3 amide bonds. The number of hydrogen-bond acceptors (Lipinski definition) is 4. The fourth-order valence-electron chi connectivity index (χ4n) is 2.78. The summed E-state index contributed by atoms with van der Waals surface area (Å²) in [7, 11) is 0. The number of halogens is 2. The number of para-hydroxylation sites is 1. The van der Waals surface area contributed by atoms with E-state index in [0.717, 1.165) is 11.4 Å². The van der Waals surface area contributed by atoms with Crippen LogP contribution in [0.4, 0.5) is 0 Å². The molecule has 3 rings (SSSR count). The van der Waals surface area contributed by atoms with E-state index >= 15 is 0 Å². The molecule has 1 heterocycles. The average molecular weight is 474 g/mol. The van der Waals surface area contributed by atoms with Crippen LogP contribution in [0.25, 0.3) is 5.69 Å². The Morgan fingerprint density at radius 1 is 0.875 bits per heavy atom. The normalized spacial score (nSPS) is 10.4. The maximum Gasteiger partial charge on any atom is 0.253 e. The van der Waals surface area contributed by atoms with E-state index in [2.05, 4.69) is 21.0 Å². The molecule has 0 saturated heterocycles. The molecule has 0 bridgehead atoms. The number of rotatable bonds is 9. The lowest BCUT2D eigenvalue weighted by molar-refractivity contribution is -0.125. The summed E-state index contributed by atoms with van der Waals surface area (Å²) >= 11 is 11.8. The Morgan fingerprint density at radius 3 is 2.34 bits per heavy atom. The number of nitrogens with zero attached hydrogens (tertiary/aromatic N) is 2. The largest absolute Gasteiger partial charge is 0.354 e. The second-order valence-corrected chi connectivity index (χ2v) is 7.61. The third-order valence-electron chi connectivity index (χ3n) is 4.40. The molecule has 3 aromatic rings. The van der Waals surface area contributed by atoms with Gasteiger partial charge >= 0.3 is 0 Å². The molecule has 0 saturated carbocycles. The van der Waals surface area contributed by atoms with E-state index in [4.69, 9.17) is 23.2 Å². The van der Waals surface area contributed by atoms with Gasteiger partial charge in [0.2, 0.25) is 11.8 Å². The summed E-state index contributed by atoms with van der Waals surface area (Å²) in [5.41, 5.74) is 1.99. The van der Waals surface area contributed by atoms with Gasteiger partial charge in [0.25, 0.3) is 5.91 Å². The van der Waals surface area contributed by atoms with Crippen LogP contribution < -0.4 is 16.0 Å². The molecule has 0 atom stereocenters. The molecule has 0 fully saturated rings. The third kappa shape index (κ3) is 6.83. The number of aromatic nitrogens is 2. The number of amides is 3. The molecule has 10 heteroatoms. The van der Waals surface area contributed by atoms with Crippen LogP contribution in [0.5, 0.6) is 0 Å². The highest BCUT2D eigenvalue weighted by Gasteiger charge is 2.12. The van der Waals surface area contributed by atoms with Crippen LogP contribution in [0.1, 0.15) is 16.1 Å². The smallest absolute Gasteiger partial charge is 0.253 e. The maximum atomic E-state index is 12.1. The maximum absolute atomic E-state index is 12.1. The van der Waals surface area contributed by atoms with Crippen molar-refractivity contribution in [1.82, 2.24) is 25.7 Å². The van der Waals surface area contributed by atoms with Crippen LogP contribution >= 0.6 is 23.2 Å². The first kappa shape index (κ1) is 23.3. The average Bonchev–Trinajstić information content (AvgIpc) is 3.25. The summed E-state index contributed by atoms with van der Waals surface area (Å²) in [6.07, 6.45) is 2.41. The molecule has 0 aliphatic rings. The standard InChI is InChI=1S/C22H21Cl2N5O3/c23-15-6-7-18(19(24)12-15)22(32)27-14-21(31)26-13-20(30)25-10-8-16-9-11-29(28-16)17-4-2-1-3-5-17/h1-7,9,11-12H,8,10,13-14H2,(H,25,30)(H,26,31)(H,27,32). The van der Waals surface area contributed by atoms with Gasteiger partial charge in [0.05, 0.1) is 35.1 Å². The minimum atomic E-state index is -0.513. The van der Waals surface area contributed by atoms with E-state index in [1.807, 2.05) is 42.6 Å². The van der Waals surface area contributed by atoms with Crippen molar-refractivity contribution in [3.63, 3.8) is 0 Å². The number of nitrogens with one attached hydrogen (secondary N) is 3. The summed E-state index contributed by atoms with van der Waals surface area (Å²) in [5, 5.41) is 12.7. The molecular formula is C22H21Cl2N5O3. The Bertz CT molecular complexity index is 1100. The van der Waals surface area contributed by atoms with Crippen LogP contribution in [0.15, 0.2) is 60.8 Å². The highest BCUT2D eigenvalue weighted by Crippen LogP contribution is 2.20. The van der Waals surface area contributed by atoms with Crippen molar-refractivity contribution in [1.29, 1.82) is 0 Å². The predicted octanol–water partition coefficient (Wildman–Crippen LogP) is 2.38. The van der Waals surface area contributed by atoms with Crippen LogP contribution in [-0.4, -0.2) is 47.1 Å². The molecule has 0 unspecified atom stereocenters. The van der Waals surface area contributed by atoms with Gasteiger partial charge in [0.15, 0.2) is 0 Å². The number of hydrogen-bond donors (Lipinski definition) is 3. The molecule has 1 aromatic heterocycles. The molecule has 0 aliphatic heterocycles. The molecule has 2 aromatic carbocycles. The summed E-state index contributed by atoms with van der Waals surface area (Å²) in [6.45, 7) is -0.108. The Balaban J connectivity index is 1.34. The van der Waals surface area contributed by atoms with E-state index in [-0.39, 0.29) is 29.6 Å². The van der Waals surface area contributed by atoms with E-state index < -0.39 is 11.8 Å². The van der Waals surface area contributed by atoms with Crippen molar-refractivity contribution >= 4 is 40.9 Å². The zero-order valence-electron chi connectivity index (χ0n) is 17.0. The molecule has 32 heavy (non-hydrogen) atoms. The quantitative estimate of drug-likeness (QED) is 0.443. The van der Waals surface area contributed by atoms with Gasteiger partial charge in [-0.15, -0.1) is 0 Å². The molecule has 0 aliphatic carbocycles. The zero-order chi connectivity index (χ0) is 22.9. The van der Waals surface area contributed by atoms with Crippen LogP contribution in [-0.2, 0) is 16.0 Å². The van der Waals surface area contributed by atoms with Gasteiger partial charge < -0.3 is 16.0 Å². The van der Waals surface area contributed by atoms with Gasteiger partial charge in [-0.25, -0.2) is 4.68 Å². The zero-order valence-corrected chi connectivity index (χ0v) is 18.5. The Morgan fingerprint density at radius 2 is 1.59 bits per heavy atom. The van der Waals surface area contributed by atoms with Gasteiger partial charge in [0, 0.05) is 24.2 Å². The van der Waals surface area contributed by atoms with Crippen molar-refractivity contribution in [2.75, 3.05) is 19.6 Å². The van der Waals surface area contributed by atoms with Gasteiger partial charge in [-0.1, -0.05) is 41.4 Å². The van der Waals surface area contributed by atoms with Crippen molar-refractivity contribution in [2.45, 2.75) is 6.42 Å². The van der Waals surface area contributed by atoms with E-state index in [0.29, 0.717) is 18.0 Å².